The predicted octanol–water partition coefficient (Wildman–Crippen LogP) is 1.78. The van der Waals surface area contributed by atoms with Gasteiger partial charge >= 0.3 is 0 Å². The molecule has 2 rings (SSSR count). The van der Waals surface area contributed by atoms with Crippen LogP contribution in [0, 0.1) is 0 Å². The first-order chi connectivity index (χ1) is 6.25. The van der Waals surface area contributed by atoms with Gasteiger partial charge in [-0.2, -0.15) is 15.0 Å². The molecule has 0 bridgehead atoms. The van der Waals surface area contributed by atoms with Crippen molar-refractivity contribution in [1.82, 2.24) is 15.0 Å². The highest BCUT2D eigenvalue weighted by molar-refractivity contribution is 6.31. The molecule has 0 aliphatic carbocycles. The Morgan fingerprint density at radius 1 is 0.923 bits per heavy atom. The minimum Gasteiger partial charge on any atom is -0.341 e. The number of hydrogen-bond acceptors (Lipinski definition) is 4. The summed E-state index contributed by atoms with van der Waals surface area (Å²) in [5, 5.41) is 0.309. The molecule has 1 saturated heterocycles. The van der Waals surface area contributed by atoms with Crippen LogP contribution in [0.2, 0.25) is 10.6 Å². The highest BCUT2D eigenvalue weighted by Crippen LogP contribution is 2.18. The Labute approximate surface area is 85.9 Å². The maximum atomic E-state index is 5.66. The largest absolute Gasteiger partial charge is 0.341 e. The fourth-order valence-corrected chi connectivity index (χ4v) is 1.73. The Hall–Kier alpha value is -0.610. The zero-order chi connectivity index (χ0) is 9.26. The molecule has 4 nitrogen and oxygen atoms in total. The third-order valence-corrected chi connectivity index (χ3v) is 2.30. The Morgan fingerprint density at radius 2 is 1.46 bits per heavy atom. The second kappa shape index (κ2) is 3.64. The topological polar surface area (TPSA) is 41.9 Å². The van der Waals surface area contributed by atoms with E-state index in [4.69, 9.17) is 23.2 Å². The summed E-state index contributed by atoms with van der Waals surface area (Å²) in [4.78, 5) is 13.7. The van der Waals surface area contributed by atoms with Crippen molar-refractivity contribution in [2.75, 3.05) is 18.0 Å². The summed E-state index contributed by atoms with van der Waals surface area (Å²) in [6.07, 6.45) is 2.34. The molecule has 0 radical (unpaired) electrons. The van der Waals surface area contributed by atoms with Gasteiger partial charge in [0.1, 0.15) is 0 Å². The monoisotopic (exact) mass is 218 g/mol. The minimum atomic E-state index is 0.155. The summed E-state index contributed by atoms with van der Waals surface area (Å²) < 4.78 is 0. The van der Waals surface area contributed by atoms with E-state index in [1.807, 2.05) is 0 Å². The van der Waals surface area contributed by atoms with Crippen LogP contribution in [0.15, 0.2) is 0 Å². The maximum Gasteiger partial charge on any atom is 0.230 e. The summed E-state index contributed by atoms with van der Waals surface area (Å²) in [7, 11) is 0. The molecule has 0 amide bonds. The Balaban J connectivity index is 2.28. The Morgan fingerprint density at radius 3 is 2.00 bits per heavy atom. The number of anilines is 1. The van der Waals surface area contributed by atoms with E-state index in [-0.39, 0.29) is 10.6 Å². The summed E-state index contributed by atoms with van der Waals surface area (Å²) in [6, 6.07) is 0. The molecule has 1 aliphatic rings. The molecule has 0 N–H and O–H groups in total. The molecule has 0 atom stereocenters. The van der Waals surface area contributed by atoms with Crippen molar-refractivity contribution >= 4 is 29.2 Å². The molecule has 70 valence electrons. The van der Waals surface area contributed by atoms with Gasteiger partial charge < -0.3 is 4.90 Å². The van der Waals surface area contributed by atoms with Crippen molar-refractivity contribution in [1.29, 1.82) is 0 Å². The van der Waals surface area contributed by atoms with Crippen LogP contribution in [0.4, 0.5) is 5.95 Å². The smallest absolute Gasteiger partial charge is 0.230 e. The van der Waals surface area contributed by atoms with Gasteiger partial charge in [0.2, 0.25) is 16.5 Å². The normalized spacial score (nSPS) is 16.6. The summed E-state index contributed by atoms with van der Waals surface area (Å²) in [5.41, 5.74) is 0. The molecule has 0 unspecified atom stereocenters. The fraction of sp³-hybridized carbons (Fsp3) is 0.571. The van der Waals surface area contributed by atoms with E-state index in [0.717, 1.165) is 13.1 Å². The van der Waals surface area contributed by atoms with Crippen molar-refractivity contribution in [3.05, 3.63) is 10.6 Å². The number of nitrogens with zero attached hydrogens (tertiary/aromatic N) is 4. The van der Waals surface area contributed by atoms with Crippen LogP contribution in [-0.2, 0) is 0 Å². The molecule has 1 aromatic rings. The number of rotatable bonds is 1. The summed E-state index contributed by atoms with van der Waals surface area (Å²) >= 11 is 11.3. The summed E-state index contributed by atoms with van der Waals surface area (Å²) in [5.74, 6) is 0.586. The fourth-order valence-electron chi connectivity index (χ4n) is 1.37. The summed E-state index contributed by atoms with van der Waals surface area (Å²) in [6.45, 7) is 1.94. The molecule has 1 fully saturated rings. The van der Waals surface area contributed by atoms with Gasteiger partial charge in [0.25, 0.3) is 0 Å². The Bertz CT molecular complexity index is 291. The van der Waals surface area contributed by atoms with Crippen molar-refractivity contribution in [2.24, 2.45) is 0 Å². The number of halogens is 2. The molecular formula is C7H8Cl2N4. The lowest BCUT2D eigenvalue weighted by Crippen LogP contribution is -2.20. The van der Waals surface area contributed by atoms with Gasteiger partial charge in [-0.15, -0.1) is 0 Å². The molecule has 2 heterocycles. The van der Waals surface area contributed by atoms with Gasteiger partial charge in [0, 0.05) is 13.1 Å². The van der Waals surface area contributed by atoms with Gasteiger partial charge in [-0.1, -0.05) is 0 Å². The third-order valence-electron chi connectivity index (χ3n) is 1.96. The van der Waals surface area contributed by atoms with E-state index >= 15 is 0 Å². The second-order valence-electron chi connectivity index (χ2n) is 2.87. The quantitative estimate of drug-likeness (QED) is 0.721. The van der Waals surface area contributed by atoms with E-state index in [1.165, 1.54) is 12.8 Å². The molecule has 0 aromatic carbocycles. The van der Waals surface area contributed by atoms with Crippen LogP contribution in [0.1, 0.15) is 12.8 Å². The van der Waals surface area contributed by atoms with Crippen LogP contribution >= 0.6 is 23.2 Å². The maximum absolute atomic E-state index is 5.66. The third kappa shape index (κ3) is 2.00. The molecule has 0 spiro atoms. The second-order valence-corrected chi connectivity index (χ2v) is 3.54. The van der Waals surface area contributed by atoms with Crippen LogP contribution in [0.5, 0.6) is 0 Å². The van der Waals surface area contributed by atoms with Crippen molar-refractivity contribution in [3.63, 3.8) is 0 Å². The standard InChI is InChI=1S/C7H8Cl2N4/c8-5-10-6(9)12-7(11-5)13-3-1-2-4-13/h1-4H2. The molecular weight excluding hydrogens is 211 g/mol. The molecule has 13 heavy (non-hydrogen) atoms. The molecule has 1 aromatic heterocycles. The first kappa shape index (κ1) is 8.97. The highest BCUT2D eigenvalue weighted by atomic mass is 35.5. The van der Waals surface area contributed by atoms with E-state index < -0.39 is 0 Å². The van der Waals surface area contributed by atoms with Crippen molar-refractivity contribution in [3.8, 4) is 0 Å². The predicted molar refractivity (Wildman–Crippen MR) is 51.3 cm³/mol. The molecule has 6 heteroatoms. The van der Waals surface area contributed by atoms with E-state index in [9.17, 15) is 0 Å². The number of aromatic nitrogens is 3. The van der Waals surface area contributed by atoms with E-state index in [1.54, 1.807) is 0 Å². The van der Waals surface area contributed by atoms with Crippen molar-refractivity contribution < 1.29 is 0 Å². The van der Waals surface area contributed by atoms with Gasteiger partial charge in [-0.3, -0.25) is 0 Å². The van der Waals surface area contributed by atoms with Crippen LogP contribution in [0.25, 0.3) is 0 Å². The van der Waals surface area contributed by atoms with Gasteiger partial charge in [-0.05, 0) is 36.0 Å². The lowest BCUT2D eigenvalue weighted by atomic mass is 10.4. The van der Waals surface area contributed by atoms with E-state index in [0.29, 0.717) is 5.95 Å². The molecule has 0 saturated carbocycles. The lowest BCUT2D eigenvalue weighted by molar-refractivity contribution is 0.879. The van der Waals surface area contributed by atoms with Gasteiger partial charge in [0.15, 0.2) is 0 Å². The van der Waals surface area contributed by atoms with Gasteiger partial charge in [-0.25, -0.2) is 0 Å². The minimum absolute atomic E-state index is 0.155. The SMILES string of the molecule is Clc1nc(Cl)nc(N2CCCC2)n1. The Kier molecular flexibility index (Phi) is 2.51. The first-order valence-electron chi connectivity index (χ1n) is 4.08. The first-order valence-corrected chi connectivity index (χ1v) is 4.83. The average Bonchev–Trinajstić information content (AvgIpc) is 2.53. The zero-order valence-corrected chi connectivity index (χ0v) is 8.39. The van der Waals surface area contributed by atoms with E-state index in [2.05, 4.69) is 19.9 Å². The van der Waals surface area contributed by atoms with Crippen LogP contribution in [0.3, 0.4) is 0 Å². The zero-order valence-electron chi connectivity index (χ0n) is 6.87. The molecule has 1 aliphatic heterocycles. The van der Waals surface area contributed by atoms with Crippen LogP contribution < -0.4 is 4.90 Å². The van der Waals surface area contributed by atoms with Crippen molar-refractivity contribution in [2.45, 2.75) is 12.8 Å². The highest BCUT2D eigenvalue weighted by Gasteiger charge is 2.16. The van der Waals surface area contributed by atoms with Gasteiger partial charge in [0.05, 0.1) is 0 Å². The lowest BCUT2D eigenvalue weighted by Gasteiger charge is -2.14. The number of hydrogen-bond donors (Lipinski definition) is 0. The van der Waals surface area contributed by atoms with Crippen LogP contribution in [-0.4, -0.2) is 28.0 Å². The average molecular weight is 219 g/mol.